The number of nitrogens with one attached hydrogen (secondary N) is 1. The van der Waals surface area contributed by atoms with E-state index in [1.807, 2.05) is 15.2 Å². The Morgan fingerprint density at radius 1 is 0.833 bits per heavy atom. The molecule has 4 nitrogen and oxygen atoms in total. The van der Waals surface area contributed by atoms with Gasteiger partial charge in [-0.2, -0.15) is 0 Å². The van der Waals surface area contributed by atoms with Gasteiger partial charge in [-0.05, 0) is 49.9 Å². The highest BCUT2D eigenvalue weighted by molar-refractivity contribution is 5.79. The van der Waals surface area contributed by atoms with Crippen molar-refractivity contribution >= 4 is 11.0 Å². The maximum atomic E-state index is 10.3. The minimum atomic E-state index is -0.192. The molecule has 0 amide bonds. The molecule has 2 N–H and O–H groups in total. The zero-order valence-electron chi connectivity index (χ0n) is 17.9. The van der Waals surface area contributed by atoms with E-state index in [1.54, 1.807) is 0 Å². The van der Waals surface area contributed by atoms with Crippen LogP contribution in [0.3, 0.4) is 0 Å². The predicted octanol–water partition coefficient (Wildman–Crippen LogP) is 4.67. The molecule has 0 spiro atoms. The lowest BCUT2D eigenvalue weighted by Crippen LogP contribution is -2.31. The van der Waals surface area contributed by atoms with Crippen molar-refractivity contribution in [3.8, 4) is 0 Å². The molecule has 0 saturated carbocycles. The molecule has 0 fully saturated rings. The van der Waals surface area contributed by atoms with Crippen LogP contribution < -0.4 is 5.62 Å². The van der Waals surface area contributed by atoms with Crippen molar-refractivity contribution in [1.82, 2.24) is 9.13 Å². The SMILES string of the molecule is Cc1ccc(C[C@@H](CO)n2c(=N)n(Cc3ccc(C)cc3)c3cccc(C)c32)cc1. The minimum absolute atomic E-state index is 0.0115. The Bertz CT molecular complexity index is 1210. The van der Waals surface area contributed by atoms with Crippen LogP contribution in [0.5, 0.6) is 0 Å². The topological polar surface area (TPSA) is 53.9 Å². The molecule has 30 heavy (non-hydrogen) atoms. The van der Waals surface area contributed by atoms with Crippen LogP contribution in [0.2, 0.25) is 0 Å². The summed E-state index contributed by atoms with van der Waals surface area (Å²) in [5.74, 6) is 0. The summed E-state index contributed by atoms with van der Waals surface area (Å²) in [7, 11) is 0. The van der Waals surface area contributed by atoms with E-state index in [2.05, 4.69) is 81.4 Å². The van der Waals surface area contributed by atoms with Gasteiger partial charge in [0.05, 0.1) is 30.2 Å². The van der Waals surface area contributed by atoms with Crippen LogP contribution in [-0.2, 0) is 13.0 Å². The first kappa shape index (κ1) is 20.2. The standard InChI is InChI=1S/C26H29N3O/c1-18-7-11-21(12-8-18)15-23(17-30)29-25-20(3)5-4-6-24(25)28(26(29)27)16-22-13-9-19(2)10-14-22/h4-14,23,27,30H,15-17H2,1-3H3/t23-/m0/s1. The third-order valence-electron chi connectivity index (χ3n) is 5.86. The lowest BCUT2D eigenvalue weighted by Gasteiger charge is -2.18. The van der Waals surface area contributed by atoms with E-state index in [-0.39, 0.29) is 12.6 Å². The molecule has 0 radical (unpaired) electrons. The number of hydrogen-bond acceptors (Lipinski definition) is 2. The summed E-state index contributed by atoms with van der Waals surface area (Å²) in [6.07, 6.45) is 0.686. The number of benzene rings is 3. The number of aliphatic hydroxyl groups excluding tert-OH is 1. The van der Waals surface area contributed by atoms with Crippen LogP contribution in [0.4, 0.5) is 0 Å². The Morgan fingerprint density at radius 3 is 2.03 bits per heavy atom. The van der Waals surface area contributed by atoms with Crippen LogP contribution in [0.25, 0.3) is 11.0 Å². The van der Waals surface area contributed by atoms with Gasteiger partial charge in [0.2, 0.25) is 5.62 Å². The van der Waals surface area contributed by atoms with E-state index in [4.69, 9.17) is 5.41 Å². The summed E-state index contributed by atoms with van der Waals surface area (Å²) in [4.78, 5) is 0. The average molecular weight is 400 g/mol. The molecular formula is C26H29N3O. The highest BCUT2D eigenvalue weighted by atomic mass is 16.3. The molecule has 1 heterocycles. The van der Waals surface area contributed by atoms with Crippen molar-refractivity contribution in [3.63, 3.8) is 0 Å². The quantitative estimate of drug-likeness (QED) is 0.486. The fourth-order valence-corrected chi connectivity index (χ4v) is 4.15. The van der Waals surface area contributed by atoms with E-state index in [9.17, 15) is 5.11 Å². The van der Waals surface area contributed by atoms with Gasteiger partial charge in [0, 0.05) is 0 Å². The summed E-state index contributed by atoms with van der Waals surface area (Å²) in [5.41, 5.74) is 8.38. The second-order valence-electron chi connectivity index (χ2n) is 8.23. The van der Waals surface area contributed by atoms with Crippen LogP contribution in [0.1, 0.15) is 33.9 Å². The number of imidazole rings is 1. The van der Waals surface area contributed by atoms with Gasteiger partial charge in [-0.15, -0.1) is 0 Å². The first-order valence-corrected chi connectivity index (χ1v) is 10.4. The van der Waals surface area contributed by atoms with E-state index >= 15 is 0 Å². The van der Waals surface area contributed by atoms with Crippen molar-refractivity contribution in [2.24, 2.45) is 0 Å². The monoisotopic (exact) mass is 399 g/mol. The number of aliphatic hydroxyl groups is 1. The van der Waals surface area contributed by atoms with E-state index < -0.39 is 0 Å². The van der Waals surface area contributed by atoms with Crippen molar-refractivity contribution in [2.45, 2.75) is 39.8 Å². The minimum Gasteiger partial charge on any atom is -0.394 e. The molecule has 0 unspecified atom stereocenters. The van der Waals surface area contributed by atoms with E-state index in [1.165, 1.54) is 22.3 Å². The lowest BCUT2D eigenvalue weighted by atomic mass is 10.0. The van der Waals surface area contributed by atoms with Crippen LogP contribution in [-0.4, -0.2) is 20.8 Å². The van der Waals surface area contributed by atoms with Gasteiger partial charge in [0.25, 0.3) is 0 Å². The molecule has 0 aliphatic rings. The maximum absolute atomic E-state index is 10.3. The number of nitrogens with zero attached hydrogens (tertiary/aromatic N) is 2. The van der Waals surface area contributed by atoms with Gasteiger partial charge in [-0.1, -0.05) is 71.8 Å². The van der Waals surface area contributed by atoms with Crippen molar-refractivity contribution in [3.05, 3.63) is 100 Å². The van der Waals surface area contributed by atoms with Crippen LogP contribution in [0.15, 0.2) is 66.7 Å². The molecule has 1 aromatic heterocycles. The van der Waals surface area contributed by atoms with E-state index in [0.29, 0.717) is 18.6 Å². The van der Waals surface area contributed by atoms with Crippen LogP contribution >= 0.6 is 0 Å². The molecule has 154 valence electrons. The normalized spacial score (nSPS) is 12.4. The molecule has 3 aromatic carbocycles. The smallest absolute Gasteiger partial charge is 0.203 e. The molecule has 0 aliphatic carbocycles. The number of para-hydroxylation sites is 1. The Balaban J connectivity index is 1.82. The van der Waals surface area contributed by atoms with Gasteiger partial charge in [0.15, 0.2) is 0 Å². The predicted molar refractivity (Wildman–Crippen MR) is 122 cm³/mol. The Hall–Kier alpha value is -3.11. The summed E-state index contributed by atoms with van der Waals surface area (Å²) in [5, 5.41) is 19.3. The molecule has 0 aliphatic heterocycles. The van der Waals surface area contributed by atoms with Gasteiger partial charge in [0.1, 0.15) is 0 Å². The fourth-order valence-electron chi connectivity index (χ4n) is 4.15. The number of aromatic nitrogens is 2. The van der Waals surface area contributed by atoms with Crippen LogP contribution in [0, 0.1) is 26.2 Å². The second kappa shape index (κ2) is 8.33. The zero-order chi connectivity index (χ0) is 21.3. The molecule has 4 heteroatoms. The van der Waals surface area contributed by atoms with E-state index in [0.717, 1.165) is 16.6 Å². The van der Waals surface area contributed by atoms with Crippen molar-refractivity contribution < 1.29 is 5.11 Å². The summed E-state index contributed by atoms with van der Waals surface area (Å²) >= 11 is 0. The second-order valence-corrected chi connectivity index (χ2v) is 8.23. The highest BCUT2D eigenvalue weighted by Crippen LogP contribution is 2.24. The lowest BCUT2D eigenvalue weighted by molar-refractivity contribution is 0.225. The van der Waals surface area contributed by atoms with Gasteiger partial charge in [-0.3, -0.25) is 5.41 Å². The summed E-state index contributed by atoms with van der Waals surface area (Å²) < 4.78 is 4.06. The molecule has 1 atom stereocenters. The largest absolute Gasteiger partial charge is 0.394 e. The van der Waals surface area contributed by atoms with Crippen molar-refractivity contribution in [1.29, 1.82) is 5.41 Å². The number of fused-ring (bicyclic) bond motifs is 1. The average Bonchev–Trinajstić information content (AvgIpc) is 3.02. The van der Waals surface area contributed by atoms with Crippen molar-refractivity contribution in [2.75, 3.05) is 6.61 Å². The third-order valence-corrected chi connectivity index (χ3v) is 5.86. The van der Waals surface area contributed by atoms with Gasteiger partial charge in [-0.25, -0.2) is 0 Å². The zero-order valence-corrected chi connectivity index (χ0v) is 17.9. The third kappa shape index (κ3) is 3.83. The molecule has 4 rings (SSSR count). The molecule has 4 aromatic rings. The Morgan fingerprint density at radius 2 is 1.43 bits per heavy atom. The van der Waals surface area contributed by atoms with Gasteiger partial charge < -0.3 is 14.2 Å². The number of aryl methyl sites for hydroxylation is 3. The highest BCUT2D eigenvalue weighted by Gasteiger charge is 2.20. The van der Waals surface area contributed by atoms with Gasteiger partial charge >= 0.3 is 0 Å². The summed E-state index contributed by atoms with van der Waals surface area (Å²) in [6.45, 7) is 6.86. The Labute approximate surface area is 177 Å². The molecular weight excluding hydrogens is 370 g/mol. The maximum Gasteiger partial charge on any atom is 0.203 e. The fraction of sp³-hybridized carbons (Fsp3) is 0.269. The number of hydrogen-bond donors (Lipinski definition) is 2. The number of rotatable bonds is 6. The molecule has 0 bridgehead atoms. The Kier molecular flexibility index (Phi) is 5.60. The first-order chi connectivity index (χ1) is 14.5. The summed E-state index contributed by atoms with van der Waals surface area (Å²) in [6, 6.07) is 22.9. The molecule has 0 saturated heterocycles. The first-order valence-electron chi connectivity index (χ1n) is 10.4.